The van der Waals surface area contributed by atoms with E-state index in [2.05, 4.69) is 21.1 Å². The average Bonchev–Trinajstić information content (AvgIpc) is 3.02. The van der Waals surface area contributed by atoms with Crippen molar-refractivity contribution in [3.63, 3.8) is 0 Å². The summed E-state index contributed by atoms with van der Waals surface area (Å²) in [6.45, 7) is 1.73. The largest absolute Gasteiger partial charge is 0.365 e. The molecule has 6 nitrogen and oxygen atoms in total. The molecule has 2 fully saturated rings. The molecule has 1 saturated heterocycles. The third kappa shape index (κ3) is 3.94. The van der Waals surface area contributed by atoms with E-state index in [9.17, 15) is 14.4 Å². The number of fused-ring (bicyclic) bond motifs is 1. The zero-order valence-electron chi connectivity index (χ0n) is 16.5. The van der Waals surface area contributed by atoms with E-state index in [-0.39, 0.29) is 23.7 Å². The second-order valence-electron chi connectivity index (χ2n) is 7.62. The van der Waals surface area contributed by atoms with Crippen molar-refractivity contribution in [2.75, 3.05) is 4.90 Å². The summed E-state index contributed by atoms with van der Waals surface area (Å²) in [7, 11) is 0. The van der Waals surface area contributed by atoms with Crippen LogP contribution < -0.4 is 4.90 Å². The predicted molar refractivity (Wildman–Crippen MR) is 116 cm³/mol. The highest BCUT2D eigenvalue weighted by molar-refractivity contribution is 9.10. The van der Waals surface area contributed by atoms with E-state index in [0.29, 0.717) is 17.0 Å². The summed E-state index contributed by atoms with van der Waals surface area (Å²) in [6.07, 6.45) is 3.58. The Morgan fingerprint density at radius 1 is 1.00 bits per heavy atom. The van der Waals surface area contributed by atoms with Crippen LogP contribution in [0.25, 0.3) is 0 Å². The minimum absolute atomic E-state index is 0.0919. The molecule has 7 heteroatoms. The number of carbonyl (C=O) groups is 3. The van der Waals surface area contributed by atoms with E-state index in [1.807, 2.05) is 6.07 Å². The molecule has 0 aromatic heterocycles. The van der Waals surface area contributed by atoms with Crippen molar-refractivity contribution in [1.82, 2.24) is 0 Å². The summed E-state index contributed by atoms with van der Waals surface area (Å²) in [5, 5.41) is 3.92. The van der Waals surface area contributed by atoms with Gasteiger partial charge in [-0.05, 0) is 55.7 Å². The third-order valence-electron chi connectivity index (χ3n) is 5.71. The Kier molecular flexibility index (Phi) is 5.81. The molecule has 2 unspecified atom stereocenters. The number of halogens is 1. The van der Waals surface area contributed by atoms with E-state index in [4.69, 9.17) is 4.84 Å². The average molecular weight is 469 g/mol. The fourth-order valence-corrected chi connectivity index (χ4v) is 4.50. The summed E-state index contributed by atoms with van der Waals surface area (Å²) in [4.78, 5) is 43.9. The van der Waals surface area contributed by atoms with Gasteiger partial charge in [0.2, 0.25) is 11.8 Å². The van der Waals surface area contributed by atoms with E-state index in [0.717, 1.165) is 35.7 Å². The molecule has 1 aliphatic heterocycles. The van der Waals surface area contributed by atoms with Crippen LogP contribution in [0.2, 0.25) is 0 Å². The van der Waals surface area contributed by atoms with Crippen LogP contribution in [0.1, 0.15) is 48.5 Å². The Morgan fingerprint density at radius 2 is 1.63 bits per heavy atom. The number of rotatable bonds is 4. The van der Waals surface area contributed by atoms with Gasteiger partial charge in [0, 0.05) is 4.47 Å². The lowest BCUT2D eigenvalue weighted by atomic mass is 9.81. The third-order valence-corrected chi connectivity index (χ3v) is 6.20. The van der Waals surface area contributed by atoms with Crippen molar-refractivity contribution < 1.29 is 19.2 Å². The number of nitrogens with zero attached hydrogens (tertiary/aromatic N) is 2. The van der Waals surface area contributed by atoms with E-state index in [1.54, 1.807) is 49.4 Å². The Morgan fingerprint density at radius 3 is 2.23 bits per heavy atom. The topological polar surface area (TPSA) is 76.0 Å². The zero-order chi connectivity index (χ0) is 21.3. The maximum Gasteiger partial charge on any atom is 0.365 e. The number of oxime groups is 1. The summed E-state index contributed by atoms with van der Waals surface area (Å²) in [6, 6.07) is 13.9. The molecule has 0 spiro atoms. The van der Waals surface area contributed by atoms with Crippen LogP contribution in [0, 0.1) is 11.8 Å². The highest BCUT2D eigenvalue weighted by Crippen LogP contribution is 2.40. The van der Waals surface area contributed by atoms with Crippen molar-refractivity contribution in [2.24, 2.45) is 17.0 Å². The Bertz CT molecular complexity index is 1010. The van der Waals surface area contributed by atoms with Gasteiger partial charge in [-0.25, -0.2) is 4.79 Å². The quantitative estimate of drug-likeness (QED) is 0.281. The molecule has 2 aromatic carbocycles. The number of carbonyl (C=O) groups excluding carboxylic acids is 3. The molecule has 30 heavy (non-hydrogen) atoms. The van der Waals surface area contributed by atoms with Gasteiger partial charge in [-0.15, -0.1) is 0 Å². The van der Waals surface area contributed by atoms with Gasteiger partial charge in [0.15, 0.2) is 0 Å². The molecule has 2 amide bonds. The first-order chi connectivity index (χ1) is 14.5. The Balaban J connectivity index is 1.46. The van der Waals surface area contributed by atoms with Crippen LogP contribution in [0.15, 0.2) is 58.2 Å². The summed E-state index contributed by atoms with van der Waals surface area (Å²) in [5.74, 6) is -1.09. The smallest absolute Gasteiger partial charge is 0.313 e. The van der Waals surface area contributed by atoms with Crippen LogP contribution in [-0.4, -0.2) is 23.5 Å². The molecule has 2 atom stereocenters. The second-order valence-corrected chi connectivity index (χ2v) is 8.54. The SMILES string of the molecule is CC(=NOC(=O)c1cccc(Br)c1)c1ccc(N2C(=O)C3CCCCC3C2=O)cc1. The number of amides is 2. The molecular weight excluding hydrogens is 448 g/mol. The molecule has 1 heterocycles. The lowest BCUT2D eigenvalue weighted by Crippen LogP contribution is -2.30. The summed E-state index contributed by atoms with van der Waals surface area (Å²) >= 11 is 3.31. The van der Waals surface area contributed by atoms with E-state index >= 15 is 0 Å². The predicted octanol–water partition coefficient (Wildman–Crippen LogP) is 4.71. The van der Waals surface area contributed by atoms with Crippen molar-refractivity contribution in [3.05, 3.63) is 64.1 Å². The fraction of sp³-hybridized carbons (Fsp3) is 0.304. The van der Waals surface area contributed by atoms with Gasteiger partial charge in [-0.1, -0.05) is 52.1 Å². The standard InChI is InChI=1S/C23H21BrN2O4/c1-14(25-30-23(29)16-5-4-6-17(24)13-16)15-9-11-18(12-10-15)26-21(27)19-7-2-3-8-20(19)22(26)28/h4-6,9-13,19-20H,2-3,7-8H2,1H3. The van der Waals surface area contributed by atoms with Gasteiger partial charge >= 0.3 is 5.97 Å². The first-order valence-electron chi connectivity index (χ1n) is 9.95. The maximum atomic E-state index is 12.7. The van der Waals surface area contributed by atoms with Gasteiger partial charge in [-0.3, -0.25) is 14.5 Å². The van der Waals surface area contributed by atoms with Crippen LogP contribution in [0.4, 0.5) is 5.69 Å². The molecule has 2 aliphatic rings. The van der Waals surface area contributed by atoms with E-state index in [1.165, 1.54) is 4.90 Å². The summed E-state index contributed by atoms with van der Waals surface area (Å²) in [5.41, 5.74) is 2.21. The number of hydrogen-bond acceptors (Lipinski definition) is 5. The molecule has 1 saturated carbocycles. The van der Waals surface area contributed by atoms with Gasteiger partial charge in [0.25, 0.3) is 0 Å². The molecule has 1 aliphatic carbocycles. The molecule has 0 radical (unpaired) electrons. The van der Waals surface area contributed by atoms with Crippen molar-refractivity contribution in [2.45, 2.75) is 32.6 Å². The summed E-state index contributed by atoms with van der Waals surface area (Å²) < 4.78 is 0.777. The molecular formula is C23H21BrN2O4. The molecule has 0 bridgehead atoms. The normalized spacial score (nSPS) is 21.5. The first kappa shape index (κ1) is 20.5. The lowest BCUT2D eigenvalue weighted by Gasteiger charge is -2.19. The maximum absolute atomic E-state index is 12.7. The van der Waals surface area contributed by atoms with Gasteiger partial charge in [0.1, 0.15) is 0 Å². The second kappa shape index (κ2) is 8.52. The fourth-order valence-electron chi connectivity index (χ4n) is 4.10. The molecule has 154 valence electrons. The minimum Gasteiger partial charge on any atom is -0.313 e. The monoisotopic (exact) mass is 468 g/mol. The lowest BCUT2D eigenvalue weighted by molar-refractivity contribution is -0.122. The number of imide groups is 1. The Hall–Kier alpha value is -2.80. The van der Waals surface area contributed by atoms with Gasteiger partial charge in [-0.2, -0.15) is 0 Å². The van der Waals surface area contributed by atoms with Crippen LogP contribution >= 0.6 is 15.9 Å². The number of benzene rings is 2. The first-order valence-corrected chi connectivity index (χ1v) is 10.7. The number of hydrogen-bond donors (Lipinski definition) is 0. The molecule has 2 aromatic rings. The van der Waals surface area contributed by atoms with Gasteiger partial charge in [0.05, 0.1) is 28.8 Å². The van der Waals surface area contributed by atoms with Crippen molar-refractivity contribution in [1.29, 1.82) is 0 Å². The molecule has 4 rings (SSSR count). The van der Waals surface area contributed by atoms with Crippen LogP contribution in [0.5, 0.6) is 0 Å². The zero-order valence-corrected chi connectivity index (χ0v) is 18.1. The van der Waals surface area contributed by atoms with Crippen molar-refractivity contribution >= 4 is 45.1 Å². The minimum atomic E-state index is -0.553. The van der Waals surface area contributed by atoms with Crippen molar-refractivity contribution in [3.8, 4) is 0 Å². The highest BCUT2D eigenvalue weighted by Gasteiger charge is 2.48. The van der Waals surface area contributed by atoms with Crippen LogP contribution in [-0.2, 0) is 14.4 Å². The van der Waals surface area contributed by atoms with E-state index < -0.39 is 5.97 Å². The van der Waals surface area contributed by atoms with Gasteiger partial charge < -0.3 is 4.84 Å². The number of anilines is 1. The molecule has 0 N–H and O–H groups in total. The van der Waals surface area contributed by atoms with Crippen LogP contribution in [0.3, 0.4) is 0 Å². The Labute approximate surface area is 183 Å². The highest BCUT2D eigenvalue weighted by atomic mass is 79.9.